The number of hydrogen-bond donors (Lipinski definition) is 1. The largest absolute Gasteiger partial charge is 0.376 e. The van der Waals surface area contributed by atoms with Crippen molar-refractivity contribution in [1.82, 2.24) is 19.7 Å². The first-order chi connectivity index (χ1) is 14.7. The molecule has 1 aromatic carbocycles. The molecule has 3 aromatic heterocycles. The first kappa shape index (κ1) is 19.8. The third-order valence-corrected chi connectivity index (χ3v) is 7.38. The second kappa shape index (κ2) is 8.55. The Morgan fingerprint density at radius 1 is 1.30 bits per heavy atom. The van der Waals surface area contributed by atoms with Crippen LogP contribution in [0.5, 0.6) is 0 Å². The Labute approximate surface area is 186 Å². The molecule has 1 aliphatic heterocycles. The van der Waals surface area contributed by atoms with Crippen LogP contribution in [0, 0.1) is 0 Å². The number of carbonyl (C=O) groups excluding carboxylic acids is 1. The quantitative estimate of drug-likeness (QED) is 0.300. The highest BCUT2D eigenvalue weighted by Crippen LogP contribution is 2.32. The number of hydrogen-bond acceptors (Lipinski definition) is 6. The van der Waals surface area contributed by atoms with Crippen molar-refractivity contribution in [2.45, 2.75) is 30.6 Å². The molecule has 0 bridgehead atoms. The number of carbonyl (C=O) groups is 1. The van der Waals surface area contributed by atoms with E-state index in [2.05, 4.69) is 25.8 Å². The molecule has 0 radical (unpaired) electrons. The van der Waals surface area contributed by atoms with E-state index in [-0.39, 0.29) is 17.6 Å². The van der Waals surface area contributed by atoms with E-state index < -0.39 is 0 Å². The van der Waals surface area contributed by atoms with Crippen LogP contribution in [0.2, 0.25) is 4.34 Å². The van der Waals surface area contributed by atoms with Crippen molar-refractivity contribution in [3.05, 3.63) is 51.8 Å². The van der Waals surface area contributed by atoms with Gasteiger partial charge in [0.1, 0.15) is 0 Å². The first-order valence-corrected chi connectivity index (χ1v) is 11.9. The minimum absolute atomic E-state index is 0.0391. The normalized spacial score (nSPS) is 16.5. The number of ketones is 1. The summed E-state index contributed by atoms with van der Waals surface area (Å²) in [5, 5.41) is 10.7. The highest BCUT2D eigenvalue weighted by molar-refractivity contribution is 7.99. The Hall–Kier alpha value is -2.13. The SMILES string of the molecule is O=C(CSc1nnc(-c2c[nH]c3ccccc23)n1C[C@H]1CCCO1)c1ccc(Cl)s1. The molecule has 1 atom stereocenters. The molecule has 4 heterocycles. The van der Waals surface area contributed by atoms with Gasteiger partial charge in [-0.2, -0.15) is 0 Å². The molecular formula is C21H19ClN4O2S2. The average Bonchev–Trinajstić information content (AvgIpc) is 3.54. The minimum atomic E-state index is 0.0391. The van der Waals surface area contributed by atoms with E-state index in [1.54, 1.807) is 12.1 Å². The summed E-state index contributed by atoms with van der Waals surface area (Å²) in [5.41, 5.74) is 2.05. The van der Waals surface area contributed by atoms with E-state index in [1.165, 1.54) is 23.1 Å². The van der Waals surface area contributed by atoms with Crippen LogP contribution in [-0.4, -0.2) is 44.0 Å². The maximum Gasteiger partial charge on any atom is 0.192 e. The number of para-hydroxylation sites is 1. The van der Waals surface area contributed by atoms with Crippen molar-refractivity contribution < 1.29 is 9.53 Å². The van der Waals surface area contributed by atoms with Gasteiger partial charge in [-0.05, 0) is 31.0 Å². The van der Waals surface area contributed by atoms with Crippen LogP contribution in [0.25, 0.3) is 22.3 Å². The number of H-pyrrole nitrogens is 1. The number of thioether (sulfide) groups is 1. The van der Waals surface area contributed by atoms with Gasteiger partial charge in [0.25, 0.3) is 0 Å². The zero-order chi connectivity index (χ0) is 20.5. The molecule has 0 amide bonds. The lowest BCUT2D eigenvalue weighted by Gasteiger charge is -2.14. The lowest BCUT2D eigenvalue weighted by Crippen LogP contribution is -2.17. The number of fused-ring (bicyclic) bond motifs is 1. The van der Waals surface area contributed by atoms with Crippen LogP contribution in [0.1, 0.15) is 22.5 Å². The molecule has 1 saturated heterocycles. The number of aromatic amines is 1. The van der Waals surface area contributed by atoms with Gasteiger partial charge in [0.2, 0.25) is 0 Å². The summed E-state index contributed by atoms with van der Waals surface area (Å²) in [6, 6.07) is 11.6. The van der Waals surface area contributed by atoms with Gasteiger partial charge in [0.05, 0.1) is 27.6 Å². The number of rotatable bonds is 7. The highest BCUT2D eigenvalue weighted by atomic mass is 35.5. The minimum Gasteiger partial charge on any atom is -0.376 e. The number of aromatic nitrogens is 4. The molecule has 154 valence electrons. The zero-order valence-electron chi connectivity index (χ0n) is 16.0. The summed E-state index contributed by atoms with van der Waals surface area (Å²) >= 11 is 8.67. The van der Waals surface area contributed by atoms with Gasteiger partial charge in [-0.15, -0.1) is 21.5 Å². The monoisotopic (exact) mass is 458 g/mol. The summed E-state index contributed by atoms with van der Waals surface area (Å²) in [6.45, 7) is 1.46. The smallest absolute Gasteiger partial charge is 0.192 e. The fourth-order valence-electron chi connectivity index (χ4n) is 3.67. The fourth-order valence-corrected chi connectivity index (χ4v) is 5.58. The number of halogens is 1. The summed E-state index contributed by atoms with van der Waals surface area (Å²) in [6.07, 6.45) is 4.18. The maximum absolute atomic E-state index is 12.5. The van der Waals surface area contributed by atoms with Crippen LogP contribution < -0.4 is 0 Å². The fraction of sp³-hybridized carbons (Fsp3) is 0.286. The van der Waals surface area contributed by atoms with Crippen molar-refractivity contribution in [2.75, 3.05) is 12.4 Å². The van der Waals surface area contributed by atoms with E-state index >= 15 is 0 Å². The molecule has 0 aliphatic carbocycles. The standard InChI is InChI=1S/C21H19ClN4O2S2/c22-19-8-7-18(30-19)17(27)12-29-21-25-24-20(26(21)11-13-4-3-9-28-13)15-10-23-16-6-2-1-5-14(15)16/h1-2,5-8,10,13,23H,3-4,9,11-12H2/t13-/m1/s1. The van der Waals surface area contributed by atoms with Gasteiger partial charge >= 0.3 is 0 Å². The van der Waals surface area contributed by atoms with Gasteiger partial charge in [-0.1, -0.05) is 41.6 Å². The predicted molar refractivity (Wildman–Crippen MR) is 121 cm³/mol. The number of thiophene rings is 1. The van der Waals surface area contributed by atoms with Crippen molar-refractivity contribution in [1.29, 1.82) is 0 Å². The lowest BCUT2D eigenvalue weighted by molar-refractivity contribution is 0.0953. The molecule has 5 rings (SSSR count). The molecule has 6 nitrogen and oxygen atoms in total. The Balaban J connectivity index is 1.45. The third kappa shape index (κ3) is 3.92. The highest BCUT2D eigenvalue weighted by Gasteiger charge is 2.23. The van der Waals surface area contributed by atoms with E-state index in [0.29, 0.717) is 15.8 Å². The van der Waals surface area contributed by atoms with E-state index in [1.807, 2.05) is 24.4 Å². The zero-order valence-corrected chi connectivity index (χ0v) is 18.4. The van der Waals surface area contributed by atoms with E-state index in [9.17, 15) is 4.79 Å². The molecule has 0 saturated carbocycles. The number of benzene rings is 1. The van der Waals surface area contributed by atoms with Crippen molar-refractivity contribution >= 4 is 51.4 Å². The van der Waals surface area contributed by atoms with Crippen LogP contribution >= 0.6 is 34.7 Å². The second-order valence-electron chi connectivity index (χ2n) is 7.12. The molecule has 4 aromatic rings. The Kier molecular flexibility index (Phi) is 5.64. The summed E-state index contributed by atoms with van der Waals surface area (Å²) in [5.74, 6) is 1.11. The maximum atomic E-state index is 12.5. The molecule has 1 aliphatic rings. The Morgan fingerprint density at radius 2 is 2.20 bits per heavy atom. The lowest BCUT2D eigenvalue weighted by atomic mass is 10.1. The van der Waals surface area contributed by atoms with Gasteiger partial charge in [0.15, 0.2) is 16.8 Å². The number of nitrogens with zero attached hydrogens (tertiary/aromatic N) is 3. The van der Waals surface area contributed by atoms with Crippen molar-refractivity contribution in [3.8, 4) is 11.4 Å². The number of ether oxygens (including phenoxy) is 1. The topological polar surface area (TPSA) is 72.8 Å². The average molecular weight is 459 g/mol. The third-order valence-electron chi connectivity index (χ3n) is 5.14. The van der Waals surface area contributed by atoms with E-state index in [0.717, 1.165) is 46.9 Å². The molecule has 0 spiro atoms. The van der Waals surface area contributed by atoms with Crippen LogP contribution in [-0.2, 0) is 11.3 Å². The van der Waals surface area contributed by atoms with Crippen molar-refractivity contribution in [2.24, 2.45) is 0 Å². The van der Waals surface area contributed by atoms with Crippen LogP contribution in [0.15, 0.2) is 47.8 Å². The molecular weight excluding hydrogens is 440 g/mol. The van der Waals surface area contributed by atoms with Crippen LogP contribution in [0.3, 0.4) is 0 Å². The summed E-state index contributed by atoms with van der Waals surface area (Å²) in [4.78, 5) is 16.5. The van der Waals surface area contributed by atoms with Gasteiger partial charge in [-0.3, -0.25) is 9.36 Å². The van der Waals surface area contributed by atoms with Gasteiger partial charge in [0, 0.05) is 29.3 Å². The molecule has 0 unspecified atom stereocenters. The molecule has 30 heavy (non-hydrogen) atoms. The first-order valence-electron chi connectivity index (χ1n) is 9.71. The molecule has 9 heteroatoms. The molecule has 1 fully saturated rings. The van der Waals surface area contributed by atoms with E-state index in [4.69, 9.17) is 16.3 Å². The second-order valence-corrected chi connectivity index (χ2v) is 9.77. The Bertz CT molecular complexity index is 1190. The summed E-state index contributed by atoms with van der Waals surface area (Å²) < 4.78 is 8.57. The molecule has 1 N–H and O–H groups in total. The summed E-state index contributed by atoms with van der Waals surface area (Å²) in [7, 11) is 0. The number of nitrogens with one attached hydrogen (secondary N) is 1. The van der Waals surface area contributed by atoms with Crippen LogP contribution in [0.4, 0.5) is 0 Å². The van der Waals surface area contributed by atoms with Crippen molar-refractivity contribution in [3.63, 3.8) is 0 Å². The predicted octanol–water partition coefficient (Wildman–Crippen LogP) is 5.30. The van der Waals surface area contributed by atoms with Gasteiger partial charge < -0.3 is 9.72 Å². The Morgan fingerprint density at radius 3 is 3.00 bits per heavy atom. The number of Topliss-reactive ketones (excluding diaryl/α,β-unsaturated/α-hetero) is 1. The van der Waals surface area contributed by atoms with Gasteiger partial charge in [-0.25, -0.2) is 0 Å².